The Bertz CT molecular complexity index is 1140. The molecule has 0 saturated heterocycles. The maximum atomic E-state index is 12.6. The topological polar surface area (TPSA) is 60.4 Å². The third kappa shape index (κ3) is 10.9. The molecule has 0 bridgehead atoms. The minimum atomic E-state index is -0.375. The molecule has 0 fully saturated rings. The highest BCUT2D eigenvalue weighted by molar-refractivity contribution is 7.09. The van der Waals surface area contributed by atoms with Crippen LogP contribution in [0.5, 0.6) is 0 Å². The van der Waals surface area contributed by atoms with E-state index in [4.69, 9.17) is 9.47 Å². The van der Waals surface area contributed by atoms with Crippen LogP contribution in [0.15, 0.2) is 35.3 Å². The number of benzene rings is 1. The molecule has 0 aliphatic carbocycles. The first-order valence-corrected chi connectivity index (χ1v) is 17.6. The van der Waals surface area contributed by atoms with Crippen molar-refractivity contribution in [3.05, 3.63) is 67.6 Å². The largest absolute Gasteiger partial charge is 0.462 e. The molecule has 0 aliphatic rings. The van der Waals surface area contributed by atoms with E-state index in [0.29, 0.717) is 37.2 Å². The standard InChI is InChI=1S/C34H50N2O4S2/c1-5-7-9-11-13-21-35-25-41-31(27(35)3)19-23-39-33(37)29-15-17-30(18-16-29)34(38)40-24-20-32-28(4)36(26-42-32)22-14-12-10-8-6-2/h15-18,25-26H,5-14,19-24H2,1-4H3/q+2. The van der Waals surface area contributed by atoms with Crippen LogP contribution in [0.3, 0.4) is 0 Å². The second-order valence-corrected chi connectivity index (χ2v) is 12.9. The molecule has 3 rings (SSSR count). The molecule has 0 saturated carbocycles. The molecule has 2 aromatic heterocycles. The van der Waals surface area contributed by atoms with Crippen LogP contribution in [0, 0.1) is 13.8 Å². The molecule has 0 atom stereocenters. The molecular weight excluding hydrogens is 565 g/mol. The van der Waals surface area contributed by atoms with Crippen LogP contribution < -0.4 is 9.13 Å². The monoisotopic (exact) mass is 614 g/mol. The number of hydrogen-bond donors (Lipinski definition) is 0. The Morgan fingerprint density at radius 3 is 1.38 bits per heavy atom. The third-order valence-corrected chi connectivity index (χ3v) is 10.1. The third-order valence-electron chi connectivity index (χ3n) is 7.80. The van der Waals surface area contributed by atoms with Gasteiger partial charge in [0.05, 0.1) is 34.1 Å². The summed E-state index contributed by atoms with van der Waals surface area (Å²) in [6.07, 6.45) is 14.1. The van der Waals surface area contributed by atoms with Gasteiger partial charge in [-0.15, -0.1) is 0 Å². The minimum absolute atomic E-state index is 0.335. The number of thiazole rings is 2. The number of ether oxygens (including phenoxy) is 2. The van der Waals surface area contributed by atoms with E-state index >= 15 is 0 Å². The highest BCUT2D eigenvalue weighted by Gasteiger charge is 2.18. The average molecular weight is 615 g/mol. The van der Waals surface area contributed by atoms with Gasteiger partial charge in [0.15, 0.2) is 11.4 Å². The van der Waals surface area contributed by atoms with E-state index in [1.54, 1.807) is 46.9 Å². The van der Waals surface area contributed by atoms with Gasteiger partial charge in [-0.1, -0.05) is 75.0 Å². The van der Waals surface area contributed by atoms with E-state index in [-0.39, 0.29) is 11.9 Å². The van der Waals surface area contributed by atoms with E-state index in [0.717, 1.165) is 13.1 Å². The summed E-state index contributed by atoms with van der Waals surface area (Å²) in [6.45, 7) is 11.5. The Kier molecular flexibility index (Phi) is 15.2. The Labute approximate surface area is 260 Å². The highest BCUT2D eigenvalue weighted by atomic mass is 32.1. The molecule has 0 radical (unpaired) electrons. The average Bonchev–Trinajstić information content (AvgIpc) is 3.53. The lowest BCUT2D eigenvalue weighted by Gasteiger charge is -2.06. The fraction of sp³-hybridized carbons (Fsp3) is 0.588. The van der Waals surface area contributed by atoms with Gasteiger partial charge in [-0.25, -0.2) is 9.59 Å². The quantitative estimate of drug-likeness (QED) is 0.0742. The lowest BCUT2D eigenvalue weighted by Crippen LogP contribution is -2.34. The molecule has 230 valence electrons. The van der Waals surface area contributed by atoms with Crippen LogP contribution in [0.2, 0.25) is 0 Å². The first-order chi connectivity index (χ1) is 20.4. The number of aromatic nitrogens is 2. The molecule has 6 nitrogen and oxygen atoms in total. The number of rotatable bonds is 20. The van der Waals surface area contributed by atoms with E-state index in [1.165, 1.54) is 85.4 Å². The summed E-state index contributed by atoms with van der Waals surface area (Å²) in [7, 11) is 0. The zero-order chi connectivity index (χ0) is 30.2. The molecule has 0 unspecified atom stereocenters. The number of nitrogens with zero attached hydrogens (tertiary/aromatic N) is 2. The number of esters is 2. The zero-order valence-corrected chi connectivity index (χ0v) is 27.8. The molecule has 42 heavy (non-hydrogen) atoms. The Hall–Kier alpha value is -2.58. The zero-order valence-electron chi connectivity index (χ0n) is 26.1. The smallest absolute Gasteiger partial charge is 0.338 e. The van der Waals surface area contributed by atoms with E-state index in [2.05, 4.69) is 47.9 Å². The number of carbonyl (C=O) groups is 2. The van der Waals surface area contributed by atoms with Crippen LogP contribution in [-0.2, 0) is 35.4 Å². The fourth-order valence-electron chi connectivity index (χ4n) is 4.98. The first kappa shape index (κ1) is 33.9. The highest BCUT2D eigenvalue weighted by Crippen LogP contribution is 2.15. The van der Waals surface area contributed by atoms with Crippen LogP contribution >= 0.6 is 22.7 Å². The van der Waals surface area contributed by atoms with E-state index in [9.17, 15) is 9.59 Å². The maximum absolute atomic E-state index is 12.6. The maximum Gasteiger partial charge on any atom is 0.338 e. The van der Waals surface area contributed by atoms with E-state index < -0.39 is 0 Å². The molecule has 1 aromatic carbocycles. The lowest BCUT2D eigenvalue weighted by atomic mass is 10.1. The van der Waals surface area contributed by atoms with Gasteiger partial charge in [-0.2, -0.15) is 9.13 Å². The van der Waals surface area contributed by atoms with Gasteiger partial charge in [0.1, 0.15) is 13.1 Å². The SMILES string of the molecule is CCCCCCC[n+]1csc(CCOC(=O)c2ccc(C(=O)OCCc3sc[n+](CCCCCCC)c3C)cc2)c1C. The van der Waals surface area contributed by atoms with Crippen LogP contribution in [-0.4, -0.2) is 25.2 Å². The number of unbranched alkanes of at least 4 members (excludes halogenated alkanes) is 8. The van der Waals surface area contributed by atoms with Crippen molar-refractivity contribution in [2.24, 2.45) is 0 Å². The Morgan fingerprint density at radius 2 is 1.00 bits per heavy atom. The number of carbonyl (C=O) groups excluding carboxylic acids is 2. The van der Waals surface area contributed by atoms with Crippen molar-refractivity contribution in [1.29, 1.82) is 0 Å². The van der Waals surface area contributed by atoms with Crippen molar-refractivity contribution in [3.63, 3.8) is 0 Å². The normalized spacial score (nSPS) is 11.1. The first-order valence-electron chi connectivity index (χ1n) is 15.8. The second-order valence-electron chi connectivity index (χ2n) is 11.0. The van der Waals surface area contributed by atoms with Crippen LogP contribution in [0.1, 0.15) is 120 Å². The number of aryl methyl sites for hydroxylation is 2. The predicted octanol–water partition coefficient (Wildman–Crippen LogP) is 7.74. The summed E-state index contributed by atoms with van der Waals surface area (Å²) >= 11 is 3.46. The summed E-state index contributed by atoms with van der Waals surface area (Å²) in [6, 6.07) is 6.53. The molecule has 0 aliphatic heterocycles. The Balaban J connectivity index is 1.36. The van der Waals surface area contributed by atoms with E-state index in [1.807, 2.05) is 0 Å². The summed E-state index contributed by atoms with van der Waals surface area (Å²) < 4.78 is 15.7. The van der Waals surface area contributed by atoms with Crippen molar-refractivity contribution >= 4 is 34.6 Å². The number of hydrogen-bond acceptors (Lipinski definition) is 6. The van der Waals surface area contributed by atoms with Gasteiger partial charge < -0.3 is 9.47 Å². The van der Waals surface area contributed by atoms with Crippen LogP contribution in [0.25, 0.3) is 0 Å². The fourth-order valence-corrected chi connectivity index (χ4v) is 6.99. The Morgan fingerprint density at radius 1 is 0.619 bits per heavy atom. The lowest BCUT2D eigenvalue weighted by molar-refractivity contribution is -0.698. The van der Waals surface area contributed by atoms with Crippen LogP contribution in [0.4, 0.5) is 0 Å². The molecule has 0 amide bonds. The second kappa shape index (κ2) is 18.9. The van der Waals surface area contributed by atoms with Gasteiger partial charge >= 0.3 is 11.9 Å². The van der Waals surface area contributed by atoms with Gasteiger partial charge in [-0.05, 0) is 37.1 Å². The summed E-state index contributed by atoms with van der Waals surface area (Å²) in [5, 5.41) is 0. The molecular formula is C34H50N2O4S2+2. The molecule has 2 heterocycles. The summed E-state index contributed by atoms with van der Waals surface area (Å²) in [5.74, 6) is -0.750. The van der Waals surface area contributed by atoms with Crippen molar-refractivity contribution in [1.82, 2.24) is 0 Å². The molecule has 3 aromatic rings. The van der Waals surface area contributed by atoms with Crippen molar-refractivity contribution < 1.29 is 28.2 Å². The van der Waals surface area contributed by atoms with Gasteiger partial charge in [0, 0.05) is 39.5 Å². The summed E-state index contributed by atoms with van der Waals surface area (Å²) in [4.78, 5) is 27.6. The predicted molar refractivity (Wildman–Crippen MR) is 170 cm³/mol. The molecule has 0 N–H and O–H groups in total. The van der Waals surface area contributed by atoms with Crippen molar-refractivity contribution in [2.75, 3.05) is 13.2 Å². The minimum Gasteiger partial charge on any atom is -0.462 e. The van der Waals surface area contributed by atoms with Crippen molar-refractivity contribution in [3.8, 4) is 0 Å². The van der Waals surface area contributed by atoms with Crippen molar-refractivity contribution in [2.45, 2.75) is 118 Å². The van der Waals surface area contributed by atoms with Gasteiger partial charge in [-0.3, -0.25) is 0 Å². The summed E-state index contributed by atoms with van der Waals surface area (Å²) in [5.41, 5.74) is 7.76. The molecule has 8 heteroatoms. The van der Waals surface area contributed by atoms with Gasteiger partial charge in [0.2, 0.25) is 11.0 Å². The van der Waals surface area contributed by atoms with Gasteiger partial charge in [0.25, 0.3) is 0 Å². The molecule has 0 spiro atoms.